The van der Waals surface area contributed by atoms with Crippen molar-refractivity contribution in [3.63, 3.8) is 0 Å². The molecule has 4 aromatic carbocycles. The molecule has 37 heavy (non-hydrogen) atoms. The molecule has 0 aromatic heterocycles. The first-order valence-corrected chi connectivity index (χ1v) is 13.9. The standard InChI is InChI=1S/C31H32N2O3S/c1-25-17-19-29(20-18-25)37(35,36)32-30(23-27-13-7-3-8-14-27)31(34)33(24-28-15-9-4-10-16-28)22-21-26-11-5-2-6-12-26/h2-20,30,32H,21-24H2,1H3. The minimum absolute atomic E-state index is 0.142. The topological polar surface area (TPSA) is 66.5 Å². The Morgan fingerprint density at radius 3 is 1.81 bits per heavy atom. The highest BCUT2D eigenvalue weighted by Crippen LogP contribution is 2.16. The zero-order valence-electron chi connectivity index (χ0n) is 21.0. The van der Waals surface area contributed by atoms with Crippen LogP contribution in [0.5, 0.6) is 0 Å². The first-order valence-electron chi connectivity index (χ1n) is 12.4. The van der Waals surface area contributed by atoms with Gasteiger partial charge >= 0.3 is 0 Å². The smallest absolute Gasteiger partial charge is 0.241 e. The van der Waals surface area contributed by atoms with Crippen molar-refractivity contribution in [2.45, 2.75) is 37.2 Å². The molecule has 1 N–H and O–H groups in total. The Bertz CT molecular complexity index is 1380. The van der Waals surface area contributed by atoms with E-state index in [1.165, 1.54) is 0 Å². The van der Waals surface area contributed by atoms with E-state index in [9.17, 15) is 13.2 Å². The van der Waals surface area contributed by atoms with E-state index in [0.717, 1.165) is 22.3 Å². The lowest BCUT2D eigenvalue weighted by molar-refractivity contribution is -0.133. The molecule has 0 bridgehead atoms. The van der Waals surface area contributed by atoms with Crippen molar-refractivity contribution >= 4 is 15.9 Å². The molecule has 0 spiro atoms. The third-order valence-electron chi connectivity index (χ3n) is 6.25. The Labute approximate surface area is 219 Å². The van der Waals surface area contributed by atoms with E-state index in [1.807, 2.05) is 97.9 Å². The molecule has 0 aliphatic carbocycles. The zero-order chi connectivity index (χ0) is 26.1. The third-order valence-corrected chi connectivity index (χ3v) is 7.74. The van der Waals surface area contributed by atoms with Gasteiger partial charge in [-0.1, -0.05) is 109 Å². The SMILES string of the molecule is Cc1ccc(S(=O)(=O)NC(Cc2ccccc2)C(=O)N(CCc2ccccc2)Cc2ccccc2)cc1. The largest absolute Gasteiger partial charge is 0.337 e. The van der Waals surface area contributed by atoms with Crippen molar-refractivity contribution < 1.29 is 13.2 Å². The highest BCUT2D eigenvalue weighted by Gasteiger charge is 2.29. The summed E-state index contributed by atoms with van der Waals surface area (Å²) in [5.74, 6) is -0.251. The van der Waals surface area contributed by atoms with Gasteiger partial charge in [-0.25, -0.2) is 8.42 Å². The molecule has 1 amide bonds. The summed E-state index contributed by atoms with van der Waals surface area (Å²) in [4.78, 5) is 15.9. The second-order valence-corrected chi connectivity index (χ2v) is 10.9. The average Bonchev–Trinajstić information content (AvgIpc) is 2.92. The molecule has 0 fully saturated rings. The van der Waals surface area contributed by atoms with Crippen LogP contribution < -0.4 is 4.72 Å². The second-order valence-electron chi connectivity index (χ2n) is 9.16. The lowest BCUT2D eigenvalue weighted by Crippen LogP contribution is -2.50. The Morgan fingerprint density at radius 1 is 0.730 bits per heavy atom. The molecule has 0 saturated carbocycles. The number of nitrogens with one attached hydrogen (secondary N) is 1. The van der Waals surface area contributed by atoms with E-state index in [1.54, 1.807) is 29.2 Å². The molecule has 5 nitrogen and oxygen atoms in total. The van der Waals surface area contributed by atoms with Gasteiger partial charge in [0.1, 0.15) is 6.04 Å². The molecule has 0 saturated heterocycles. The molecule has 1 unspecified atom stereocenters. The number of hydrogen-bond donors (Lipinski definition) is 1. The van der Waals surface area contributed by atoms with E-state index in [-0.39, 0.29) is 17.2 Å². The van der Waals surface area contributed by atoms with Crippen LogP contribution in [0, 0.1) is 6.92 Å². The molecule has 0 aliphatic heterocycles. The number of carbonyl (C=O) groups is 1. The fraction of sp³-hybridized carbons (Fsp3) is 0.194. The van der Waals surface area contributed by atoms with Crippen molar-refractivity contribution in [3.8, 4) is 0 Å². The number of aryl methyl sites for hydroxylation is 1. The van der Waals surface area contributed by atoms with Gasteiger partial charge in [-0.2, -0.15) is 4.72 Å². The molecular weight excluding hydrogens is 480 g/mol. The fourth-order valence-corrected chi connectivity index (χ4v) is 5.39. The highest BCUT2D eigenvalue weighted by molar-refractivity contribution is 7.89. The Morgan fingerprint density at radius 2 is 1.24 bits per heavy atom. The molecule has 4 rings (SSSR count). The number of nitrogens with zero attached hydrogens (tertiary/aromatic N) is 1. The molecule has 0 aliphatic rings. The van der Waals surface area contributed by atoms with Crippen LogP contribution in [0.15, 0.2) is 120 Å². The normalized spacial score (nSPS) is 12.1. The van der Waals surface area contributed by atoms with Crippen LogP contribution in [0.1, 0.15) is 22.3 Å². The van der Waals surface area contributed by atoms with E-state index >= 15 is 0 Å². The fourth-order valence-electron chi connectivity index (χ4n) is 4.20. The summed E-state index contributed by atoms with van der Waals surface area (Å²) < 4.78 is 29.4. The summed E-state index contributed by atoms with van der Waals surface area (Å²) in [6.45, 7) is 2.76. The maximum Gasteiger partial charge on any atom is 0.241 e. The molecule has 0 radical (unpaired) electrons. The molecule has 6 heteroatoms. The summed E-state index contributed by atoms with van der Waals surface area (Å²) in [6, 6.07) is 35.0. The Balaban J connectivity index is 1.63. The van der Waals surface area contributed by atoms with E-state index < -0.39 is 16.1 Å². The molecular formula is C31H32N2O3S. The molecule has 4 aromatic rings. The monoisotopic (exact) mass is 512 g/mol. The van der Waals surface area contributed by atoms with Crippen LogP contribution in [0.25, 0.3) is 0 Å². The number of rotatable bonds is 11. The summed E-state index contributed by atoms with van der Waals surface area (Å²) in [5, 5.41) is 0. The summed E-state index contributed by atoms with van der Waals surface area (Å²) in [6.07, 6.45) is 0.920. The van der Waals surface area contributed by atoms with Gasteiger partial charge in [0, 0.05) is 13.1 Å². The van der Waals surface area contributed by atoms with Gasteiger partial charge in [0.15, 0.2) is 0 Å². The second kappa shape index (κ2) is 12.5. The number of carbonyl (C=O) groups excluding carboxylic acids is 1. The van der Waals surface area contributed by atoms with Crippen molar-refractivity contribution in [1.29, 1.82) is 0 Å². The van der Waals surface area contributed by atoms with Crippen molar-refractivity contribution in [1.82, 2.24) is 9.62 Å². The lowest BCUT2D eigenvalue weighted by Gasteiger charge is -2.28. The van der Waals surface area contributed by atoms with Gasteiger partial charge in [0.2, 0.25) is 15.9 Å². The molecule has 0 heterocycles. The van der Waals surface area contributed by atoms with E-state index in [2.05, 4.69) is 4.72 Å². The number of benzene rings is 4. The van der Waals surface area contributed by atoms with E-state index in [0.29, 0.717) is 19.5 Å². The van der Waals surface area contributed by atoms with Crippen LogP contribution in [0.2, 0.25) is 0 Å². The van der Waals surface area contributed by atoms with Gasteiger partial charge in [-0.3, -0.25) is 4.79 Å². The summed E-state index contributed by atoms with van der Waals surface area (Å²) >= 11 is 0. The number of amides is 1. The van der Waals surface area contributed by atoms with Gasteiger partial charge < -0.3 is 4.90 Å². The first kappa shape index (κ1) is 26.3. The van der Waals surface area contributed by atoms with Crippen LogP contribution in [-0.4, -0.2) is 31.8 Å². The minimum Gasteiger partial charge on any atom is -0.337 e. The molecule has 1 atom stereocenters. The van der Waals surface area contributed by atoms with Crippen molar-refractivity contribution in [2.75, 3.05) is 6.54 Å². The van der Waals surface area contributed by atoms with Gasteiger partial charge in [-0.15, -0.1) is 0 Å². The third kappa shape index (κ3) is 7.62. The predicted molar refractivity (Wildman–Crippen MR) is 147 cm³/mol. The van der Waals surface area contributed by atoms with Gasteiger partial charge in [0.25, 0.3) is 0 Å². The summed E-state index contributed by atoms with van der Waals surface area (Å²) in [5.41, 5.74) is 3.96. The maximum absolute atomic E-state index is 14.0. The lowest BCUT2D eigenvalue weighted by atomic mass is 10.0. The van der Waals surface area contributed by atoms with E-state index in [4.69, 9.17) is 0 Å². The molecule has 190 valence electrons. The van der Waals surface area contributed by atoms with Gasteiger partial charge in [-0.05, 0) is 48.6 Å². The first-order chi connectivity index (χ1) is 17.9. The van der Waals surface area contributed by atoms with Crippen molar-refractivity contribution in [3.05, 3.63) is 138 Å². The van der Waals surface area contributed by atoms with Crippen LogP contribution in [0.3, 0.4) is 0 Å². The van der Waals surface area contributed by atoms with Gasteiger partial charge in [0.05, 0.1) is 4.90 Å². The quantitative estimate of drug-likeness (QED) is 0.302. The number of hydrogen-bond acceptors (Lipinski definition) is 3. The van der Waals surface area contributed by atoms with Crippen molar-refractivity contribution in [2.24, 2.45) is 0 Å². The predicted octanol–water partition coefficient (Wildman–Crippen LogP) is 5.16. The van der Waals surface area contributed by atoms with Crippen LogP contribution in [-0.2, 0) is 34.2 Å². The van der Waals surface area contributed by atoms with Crippen LogP contribution >= 0.6 is 0 Å². The average molecular weight is 513 g/mol. The van der Waals surface area contributed by atoms with Crippen LogP contribution in [0.4, 0.5) is 0 Å². The Hall–Kier alpha value is -3.74. The summed E-state index contributed by atoms with van der Waals surface area (Å²) in [7, 11) is -3.91. The number of sulfonamides is 1. The minimum atomic E-state index is -3.91. The maximum atomic E-state index is 14.0. The highest BCUT2D eigenvalue weighted by atomic mass is 32.2. The zero-order valence-corrected chi connectivity index (χ0v) is 21.8. The Kier molecular flexibility index (Phi) is 8.88.